The number of amides is 1. The highest BCUT2D eigenvalue weighted by Gasteiger charge is 2.65. The molecule has 0 saturated heterocycles. The van der Waals surface area contributed by atoms with E-state index in [9.17, 15) is 39.9 Å². The zero-order chi connectivity index (χ0) is 35.1. The van der Waals surface area contributed by atoms with Gasteiger partial charge in [-0.1, -0.05) is 26.8 Å². The topological polar surface area (TPSA) is 183 Å². The molecule has 1 amide bonds. The van der Waals surface area contributed by atoms with E-state index in [1.54, 1.807) is 6.07 Å². The molecule has 4 aliphatic rings. The molecule has 4 fully saturated rings. The van der Waals surface area contributed by atoms with Crippen LogP contribution in [0.3, 0.4) is 0 Å². The number of rotatable bonds is 11. The number of nitrogens with one attached hydrogen (secondary N) is 1. The Morgan fingerprint density at radius 1 is 1.02 bits per heavy atom. The summed E-state index contributed by atoms with van der Waals surface area (Å²) in [5, 5.41) is 56.6. The van der Waals surface area contributed by atoms with Crippen LogP contribution >= 0.6 is 0 Å². The van der Waals surface area contributed by atoms with Crippen LogP contribution in [-0.4, -0.2) is 74.0 Å². The van der Waals surface area contributed by atoms with E-state index in [0.717, 1.165) is 32.1 Å². The summed E-state index contributed by atoms with van der Waals surface area (Å²) < 4.78 is 10.3. The summed E-state index contributed by atoms with van der Waals surface area (Å²) in [6.45, 7) is 9.36. The molecule has 48 heavy (non-hydrogen) atoms. The standard InChI is InChI=1S/C37H55NO10/c1-19(6-11-33(44)38-28(35(45)46)14-22-7-10-31(29(41)15-22)48-21(3)47-20(2)39)25-8-9-26-34-27(18-32(43)37(25,26)5)36(4)13-12-24(40)16-23(36)17-30(34)42/h7,10,15,19,21,23-28,30,32,34,40-43H,6,8-9,11-14,16-18H2,1-5H3,(H,38,44)(H,45,46)/t19-,21?,23?,24-,25?,26?,27?,28?,30-,32+,34?,36+,37-/m1/s1. The van der Waals surface area contributed by atoms with E-state index in [2.05, 4.69) is 26.1 Å². The van der Waals surface area contributed by atoms with Crippen molar-refractivity contribution in [3.8, 4) is 11.5 Å². The average Bonchev–Trinajstić information content (AvgIpc) is 3.36. The smallest absolute Gasteiger partial charge is 0.326 e. The molecule has 0 radical (unpaired) electrons. The number of phenolic OH excluding ortho intramolecular Hbond substituents is 1. The number of ether oxygens (including phenoxy) is 2. The van der Waals surface area contributed by atoms with Gasteiger partial charge in [0.1, 0.15) is 6.04 Å². The SMILES string of the molecule is CC(=O)OC(C)Oc1ccc(CC(NC(=O)CC[C@@H](C)C2CCC3C4C(C[C@H](O)[C@@]32C)[C@@]2(C)CC[C@@H](O)CC2C[C@H]4O)C(=O)O)cc1O. The van der Waals surface area contributed by atoms with Gasteiger partial charge in [0, 0.05) is 26.7 Å². The van der Waals surface area contributed by atoms with Gasteiger partial charge in [-0.05, 0) is 115 Å². The Balaban J connectivity index is 1.18. The van der Waals surface area contributed by atoms with Crippen molar-refractivity contribution >= 4 is 17.8 Å². The largest absolute Gasteiger partial charge is 0.504 e. The second kappa shape index (κ2) is 14.2. The monoisotopic (exact) mass is 673 g/mol. The lowest BCUT2D eigenvalue weighted by atomic mass is 9.43. The Bertz CT molecular complexity index is 1350. The number of hydrogen-bond donors (Lipinski definition) is 6. The number of aliphatic hydroxyl groups excluding tert-OH is 3. The Morgan fingerprint density at radius 3 is 2.42 bits per heavy atom. The number of carboxylic acid groups (broad SMARTS) is 1. The fourth-order valence-electron chi connectivity index (χ4n) is 10.6. The quantitative estimate of drug-likeness (QED) is 0.147. The minimum Gasteiger partial charge on any atom is -0.504 e. The molecular weight excluding hydrogens is 618 g/mol. The summed E-state index contributed by atoms with van der Waals surface area (Å²) in [4.78, 5) is 36.3. The summed E-state index contributed by atoms with van der Waals surface area (Å²) in [5.41, 5.74) is 0.101. The molecule has 0 aliphatic heterocycles. The maximum Gasteiger partial charge on any atom is 0.326 e. The van der Waals surface area contributed by atoms with Gasteiger partial charge in [0.05, 0.1) is 18.3 Å². The van der Waals surface area contributed by atoms with Crippen LogP contribution in [0.4, 0.5) is 0 Å². The van der Waals surface area contributed by atoms with E-state index in [4.69, 9.17) is 9.47 Å². The fourth-order valence-corrected chi connectivity index (χ4v) is 10.6. The van der Waals surface area contributed by atoms with Gasteiger partial charge < -0.3 is 40.3 Å². The normalized spacial score (nSPS) is 37.6. The Kier molecular flexibility index (Phi) is 10.7. The van der Waals surface area contributed by atoms with E-state index >= 15 is 0 Å². The van der Waals surface area contributed by atoms with Crippen LogP contribution in [-0.2, 0) is 25.5 Å². The van der Waals surface area contributed by atoms with Gasteiger partial charge in [-0.15, -0.1) is 0 Å². The maximum absolute atomic E-state index is 13.1. The van der Waals surface area contributed by atoms with Crippen molar-refractivity contribution in [1.82, 2.24) is 5.32 Å². The second-order valence-electron chi connectivity index (χ2n) is 15.8. The molecule has 7 unspecified atom stereocenters. The molecule has 11 nitrogen and oxygen atoms in total. The van der Waals surface area contributed by atoms with Gasteiger partial charge in [-0.25, -0.2) is 4.79 Å². The van der Waals surface area contributed by atoms with Crippen LogP contribution in [0.25, 0.3) is 0 Å². The molecule has 0 bridgehead atoms. The molecule has 1 aromatic carbocycles. The first-order chi connectivity index (χ1) is 22.5. The Morgan fingerprint density at radius 2 is 1.75 bits per heavy atom. The summed E-state index contributed by atoms with van der Waals surface area (Å²) in [6, 6.07) is 3.19. The molecular formula is C37H55NO10. The Labute approximate surface area is 283 Å². The first-order valence-corrected chi connectivity index (χ1v) is 17.8. The minimum atomic E-state index is -1.21. The van der Waals surface area contributed by atoms with E-state index in [1.165, 1.54) is 26.0 Å². The number of aliphatic hydroxyl groups is 3. The molecule has 4 aliphatic carbocycles. The predicted molar refractivity (Wildman–Crippen MR) is 176 cm³/mol. The number of carboxylic acids is 1. The van der Waals surface area contributed by atoms with Gasteiger partial charge in [-0.2, -0.15) is 0 Å². The first-order valence-electron chi connectivity index (χ1n) is 17.8. The van der Waals surface area contributed by atoms with Crippen molar-refractivity contribution in [1.29, 1.82) is 0 Å². The number of aromatic hydroxyl groups is 1. The third-order valence-corrected chi connectivity index (χ3v) is 13.1. The van der Waals surface area contributed by atoms with E-state index in [-0.39, 0.29) is 82.7 Å². The number of phenols is 1. The molecule has 11 heteroatoms. The Hall–Kier alpha value is -2.89. The number of esters is 1. The van der Waals surface area contributed by atoms with Crippen LogP contribution in [0.1, 0.15) is 98.0 Å². The molecule has 268 valence electrons. The van der Waals surface area contributed by atoms with Gasteiger partial charge in [0.2, 0.25) is 12.2 Å². The lowest BCUT2D eigenvalue weighted by Crippen LogP contribution is -2.62. The van der Waals surface area contributed by atoms with Crippen LogP contribution in [0, 0.1) is 46.3 Å². The number of aliphatic carboxylic acids is 1. The van der Waals surface area contributed by atoms with Crippen LogP contribution < -0.4 is 10.1 Å². The van der Waals surface area contributed by atoms with Crippen molar-refractivity contribution in [3.05, 3.63) is 23.8 Å². The first kappa shape index (κ1) is 36.4. The highest BCUT2D eigenvalue weighted by atomic mass is 16.7. The fraction of sp³-hybridized carbons (Fsp3) is 0.757. The molecule has 0 aromatic heterocycles. The lowest BCUT2D eigenvalue weighted by Gasteiger charge is -2.63. The van der Waals surface area contributed by atoms with Gasteiger partial charge >= 0.3 is 11.9 Å². The lowest BCUT2D eigenvalue weighted by molar-refractivity contribution is -0.207. The van der Waals surface area contributed by atoms with Crippen molar-refractivity contribution in [3.63, 3.8) is 0 Å². The zero-order valence-corrected chi connectivity index (χ0v) is 28.9. The highest BCUT2D eigenvalue weighted by molar-refractivity contribution is 5.83. The number of carbonyl (C=O) groups excluding carboxylic acids is 2. The van der Waals surface area contributed by atoms with Gasteiger partial charge in [-0.3, -0.25) is 9.59 Å². The highest BCUT2D eigenvalue weighted by Crippen LogP contribution is 2.68. The van der Waals surface area contributed by atoms with E-state index in [1.807, 2.05) is 0 Å². The third-order valence-electron chi connectivity index (χ3n) is 13.1. The molecule has 1 aromatic rings. The van der Waals surface area contributed by atoms with Crippen molar-refractivity contribution in [2.75, 3.05) is 0 Å². The molecule has 0 spiro atoms. The molecule has 4 saturated carbocycles. The second-order valence-corrected chi connectivity index (χ2v) is 15.8. The van der Waals surface area contributed by atoms with E-state index in [0.29, 0.717) is 24.8 Å². The predicted octanol–water partition coefficient (Wildman–Crippen LogP) is 4.17. The summed E-state index contributed by atoms with van der Waals surface area (Å²) in [6.07, 6.45) is 4.04. The van der Waals surface area contributed by atoms with E-state index < -0.39 is 36.5 Å². The zero-order valence-electron chi connectivity index (χ0n) is 28.9. The summed E-state index contributed by atoms with van der Waals surface area (Å²) in [5.74, 6) is -1.23. The number of carbonyl (C=O) groups is 3. The van der Waals surface area contributed by atoms with Crippen molar-refractivity contribution in [2.24, 2.45) is 46.3 Å². The van der Waals surface area contributed by atoms with Crippen LogP contribution in [0.15, 0.2) is 18.2 Å². The molecule has 6 N–H and O–H groups in total. The van der Waals surface area contributed by atoms with Crippen LogP contribution in [0.5, 0.6) is 11.5 Å². The maximum atomic E-state index is 13.1. The van der Waals surface area contributed by atoms with Crippen molar-refractivity contribution < 1.29 is 49.4 Å². The number of hydrogen-bond acceptors (Lipinski definition) is 9. The van der Waals surface area contributed by atoms with Gasteiger partial charge in [0.15, 0.2) is 11.5 Å². The number of fused-ring (bicyclic) bond motifs is 5. The summed E-state index contributed by atoms with van der Waals surface area (Å²) in [7, 11) is 0. The third kappa shape index (κ3) is 7.05. The molecule has 5 rings (SSSR count). The minimum absolute atomic E-state index is 0.00623. The van der Waals surface area contributed by atoms with Gasteiger partial charge in [0.25, 0.3) is 0 Å². The van der Waals surface area contributed by atoms with Crippen molar-refractivity contribution in [2.45, 2.75) is 129 Å². The number of benzene rings is 1. The molecule has 0 heterocycles. The molecule has 13 atom stereocenters. The average molecular weight is 674 g/mol. The van der Waals surface area contributed by atoms with Crippen LogP contribution in [0.2, 0.25) is 0 Å². The summed E-state index contributed by atoms with van der Waals surface area (Å²) >= 11 is 0.